The van der Waals surface area contributed by atoms with Crippen molar-refractivity contribution in [2.45, 2.75) is 91.3 Å². The van der Waals surface area contributed by atoms with Gasteiger partial charge in [0, 0.05) is 25.3 Å². The van der Waals surface area contributed by atoms with Crippen LogP contribution in [0.4, 0.5) is 0 Å². The maximum absolute atomic E-state index is 6.44. The fourth-order valence-electron chi connectivity index (χ4n) is 3.80. The Morgan fingerprint density at radius 3 is 1.76 bits per heavy atom. The normalized spacial score (nSPS) is 13.6. The van der Waals surface area contributed by atoms with Crippen LogP contribution in [0.2, 0.25) is 0 Å². The smallest absolute Gasteiger partial charge is 0.129 e. The Hall–Kier alpha value is -2.04. The van der Waals surface area contributed by atoms with Gasteiger partial charge in [0.15, 0.2) is 0 Å². The van der Waals surface area contributed by atoms with E-state index in [-0.39, 0.29) is 5.41 Å². The first-order valence-corrected chi connectivity index (χ1v) is 12.4. The summed E-state index contributed by atoms with van der Waals surface area (Å²) in [4.78, 5) is 0. The number of ether oxygens (including phenoxy) is 4. The Morgan fingerprint density at radius 2 is 1.26 bits per heavy atom. The molecule has 0 aliphatic carbocycles. The summed E-state index contributed by atoms with van der Waals surface area (Å²) in [7, 11) is 3.48. The molecule has 2 rings (SSSR count). The van der Waals surface area contributed by atoms with Gasteiger partial charge < -0.3 is 18.9 Å². The van der Waals surface area contributed by atoms with E-state index in [1.54, 1.807) is 14.2 Å². The van der Waals surface area contributed by atoms with Crippen LogP contribution >= 0.6 is 0 Å². The second kappa shape index (κ2) is 11.1. The molecule has 0 N–H and O–H groups in total. The number of benzene rings is 2. The molecule has 0 bridgehead atoms. The summed E-state index contributed by atoms with van der Waals surface area (Å²) in [6.45, 7) is 20.3. The highest BCUT2D eigenvalue weighted by atomic mass is 16.5. The molecule has 4 nitrogen and oxygen atoms in total. The lowest BCUT2D eigenvalue weighted by Crippen LogP contribution is -2.28. The van der Waals surface area contributed by atoms with Crippen LogP contribution in [0, 0.1) is 0 Å². The lowest BCUT2D eigenvalue weighted by molar-refractivity contribution is 0.0113. The van der Waals surface area contributed by atoms with Crippen molar-refractivity contribution in [1.29, 1.82) is 0 Å². The third kappa shape index (κ3) is 6.76. The van der Waals surface area contributed by atoms with Crippen LogP contribution in [0.5, 0.6) is 11.5 Å². The van der Waals surface area contributed by atoms with Gasteiger partial charge in [-0.3, -0.25) is 0 Å². The molecule has 0 spiro atoms. The first-order valence-electron chi connectivity index (χ1n) is 12.4. The van der Waals surface area contributed by atoms with Gasteiger partial charge in [-0.2, -0.15) is 0 Å². The fourth-order valence-corrected chi connectivity index (χ4v) is 3.80. The van der Waals surface area contributed by atoms with E-state index in [1.807, 2.05) is 12.1 Å². The predicted molar refractivity (Wildman–Crippen MR) is 141 cm³/mol. The number of rotatable bonds is 11. The summed E-state index contributed by atoms with van der Waals surface area (Å²) in [5, 5.41) is 0. The molecular weight excluding hydrogens is 424 g/mol. The van der Waals surface area contributed by atoms with E-state index in [1.165, 1.54) is 5.56 Å². The summed E-state index contributed by atoms with van der Waals surface area (Å²) < 4.78 is 24.1. The number of methoxy groups -OCH3 is 2. The van der Waals surface area contributed by atoms with Gasteiger partial charge in [0.2, 0.25) is 0 Å². The quantitative estimate of drug-likeness (QED) is 0.315. The minimum atomic E-state index is -0.526. The molecule has 1 unspecified atom stereocenters. The third-order valence-electron chi connectivity index (χ3n) is 6.92. The van der Waals surface area contributed by atoms with E-state index < -0.39 is 11.2 Å². The van der Waals surface area contributed by atoms with Gasteiger partial charge in [0.25, 0.3) is 0 Å². The molecule has 0 saturated heterocycles. The van der Waals surface area contributed by atoms with E-state index in [0.29, 0.717) is 19.1 Å². The van der Waals surface area contributed by atoms with E-state index in [0.717, 1.165) is 34.6 Å². The minimum Gasteiger partial charge on any atom is -0.490 e. The average molecular weight is 471 g/mol. The van der Waals surface area contributed by atoms with Crippen molar-refractivity contribution >= 4 is 0 Å². The molecule has 0 heterocycles. The van der Waals surface area contributed by atoms with Gasteiger partial charge in [0.05, 0.1) is 11.2 Å². The molecule has 190 valence electrons. The first-order chi connectivity index (χ1) is 15.8. The molecular formula is C30H46O4. The highest BCUT2D eigenvalue weighted by Gasteiger charge is 2.33. The summed E-state index contributed by atoms with van der Waals surface area (Å²) in [6.07, 6.45) is 1.13. The zero-order valence-corrected chi connectivity index (χ0v) is 23.3. The molecule has 34 heavy (non-hydrogen) atoms. The molecule has 2 aromatic carbocycles. The molecule has 0 fully saturated rings. The second-order valence-corrected chi connectivity index (χ2v) is 11.2. The zero-order chi connectivity index (χ0) is 25.7. The summed E-state index contributed by atoms with van der Waals surface area (Å²) in [5.41, 5.74) is 3.51. The average Bonchev–Trinajstić information content (AvgIpc) is 2.80. The van der Waals surface area contributed by atoms with Crippen molar-refractivity contribution in [2.75, 3.05) is 27.4 Å². The third-order valence-corrected chi connectivity index (χ3v) is 6.92. The monoisotopic (exact) mass is 470 g/mol. The molecule has 0 aliphatic rings. The van der Waals surface area contributed by atoms with Gasteiger partial charge in [-0.1, -0.05) is 46.8 Å². The van der Waals surface area contributed by atoms with Crippen LogP contribution in [0.1, 0.15) is 96.9 Å². The lowest BCUT2D eigenvalue weighted by atomic mass is 9.79. The Morgan fingerprint density at radius 1 is 0.735 bits per heavy atom. The van der Waals surface area contributed by atoms with Gasteiger partial charge in [-0.15, -0.1) is 0 Å². The summed E-state index contributed by atoms with van der Waals surface area (Å²) >= 11 is 0. The molecule has 0 radical (unpaired) electrons. The predicted octanol–water partition coefficient (Wildman–Crippen LogP) is 7.72. The summed E-state index contributed by atoms with van der Waals surface area (Å²) in [5.74, 6) is 2.29. The number of hydrogen-bond acceptors (Lipinski definition) is 4. The fraction of sp³-hybridized carbons (Fsp3) is 0.600. The molecule has 0 aromatic heterocycles. The van der Waals surface area contributed by atoms with Crippen molar-refractivity contribution < 1.29 is 18.9 Å². The largest absolute Gasteiger partial charge is 0.490 e. The maximum Gasteiger partial charge on any atom is 0.129 e. The Kier molecular flexibility index (Phi) is 9.23. The Balaban J connectivity index is 2.32. The van der Waals surface area contributed by atoms with E-state index >= 15 is 0 Å². The Bertz CT molecular complexity index is 920. The van der Waals surface area contributed by atoms with Gasteiger partial charge in [-0.25, -0.2) is 0 Å². The molecule has 4 heteroatoms. The molecule has 2 aromatic rings. The van der Waals surface area contributed by atoms with E-state index in [4.69, 9.17) is 18.9 Å². The minimum absolute atomic E-state index is 0.125. The highest BCUT2D eigenvalue weighted by Crippen LogP contribution is 2.43. The van der Waals surface area contributed by atoms with Crippen LogP contribution in [0.15, 0.2) is 36.4 Å². The molecule has 0 saturated carbocycles. The van der Waals surface area contributed by atoms with Crippen LogP contribution in [-0.4, -0.2) is 27.4 Å². The maximum atomic E-state index is 6.44. The van der Waals surface area contributed by atoms with Crippen molar-refractivity contribution in [3.05, 3.63) is 58.7 Å². The van der Waals surface area contributed by atoms with Crippen molar-refractivity contribution in [2.24, 2.45) is 0 Å². The van der Waals surface area contributed by atoms with E-state index in [2.05, 4.69) is 86.6 Å². The van der Waals surface area contributed by atoms with Gasteiger partial charge >= 0.3 is 0 Å². The summed E-state index contributed by atoms with van der Waals surface area (Å²) in [6, 6.07) is 12.8. The highest BCUT2D eigenvalue weighted by molar-refractivity contribution is 5.51. The van der Waals surface area contributed by atoms with Gasteiger partial charge in [0.1, 0.15) is 24.7 Å². The van der Waals surface area contributed by atoms with Crippen LogP contribution in [0.3, 0.4) is 0 Å². The van der Waals surface area contributed by atoms with Crippen LogP contribution < -0.4 is 9.47 Å². The lowest BCUT2D eigenvalue weighted by Gasteiger charge is -2.34. The topological polar surface area (TPSA) is 36.9 Å². The molecule has 0 amide bonds. The zero-order valence-electron chi connectivity index (χ0n) is 23.3. The molecule has 0 aliphatic heterocycles. The first kappa shape index (κ1) is 28.2. The SMILES string of the molecule is CCC(C)c1ccc(OCCOc2c(C(C)(C)C)cc(C(C)(C)OC)cc2C(C)(C)OC)cc1. The van der Waals surface area contributed by atoms with Gasteiger partial charge in [-0.05, 0) is 80.8 Å². The second-order valence-electron chi connectivity index (χ2n) is 11.2. The molecule has 1 atom stereocenters. The van der Waals surface area contributed by atoms with Crippen LogP contribution in [-0.2, 0) is 26.1 Å². The standard InChI is InChI=1S/C30H46O4/c1-12-21(2)22-13-15-24(16-14-22)33-17-18-34-27-25(28(3,4)5)19-23(29(6,7)31-10)20-26(27)30(8,9)32-11/h13-16,19-21H,12,17-18H2,1-11H3. The van der Waals surface area contributed by atoms with Crippen molar-refractivity contribution in [1.82, 2.24) is 0 Å². The van der Waals surface area contributed by atoms with Crippen LogP contribution in [0.25, 0.3) is 0 Å². The van der Waals surface area contributed by atoms with Crippen molar-refractivity contribution in [3.63, 3.8) is 0 Å². The Labute approximate surface area is 208 Å². The van der Waals surface area contributed by atoms with Crippen molar-refractivity contribution in [3.8, 4) is 11.5 Å². The number of hydrogen-bond donors (Lipinski definition) is 0. The van der Waals surface area contributed by atoms with E-state index in [9.17, 15) is 0 Å².